The van der Waals surface area contributed by atoms with Gasteiger partial charge < -0.3 is 14.9 Å². The lowest BCUT2D eigenvalue weighted by atomic mass is 9.72. The summed E-state index contributed by atoms with van der Waals surface area (Å²) in [6, 6.07) is 20.3. The normalized spacial score (nSPS) is 29.6. The quantitative estimate of drug-likeness (QED) is 0.681. The van der Waals surface area contributed by atoms with E-state index in [9.17, 15) is 15.5 Å². The molecule has 2 heterocycles. The minimum atomic E-state index is -1.76. The Morgan fingerprint density at radius 1 is 1.14 bits per heavy atom. The first-order valence-electron chi connectivity index (χ1n) is 9.32. The number of nitrogens with zero attached hydrogens (tertiary/aromatic N) is 2. The van der Waals surface area contributed by atoms with Crippen molar-refractivity contribution in [3.63, 3.8) is 0 Å². The van der Waals surface area contributed by atoms with Gasteiger partial charge >= 0.3 is 0 Å². The summed E-state index contributed by atoms with van der Waals surface area (Å²) in [5, 5.41) is 32.6. The highest BCUT2D eigenvalue weighted by atomic mass is 35.5. The Hall–Kier alpha value is -2.91. The van der Waals surface area contributed by atoms with Crippen LogP contribution >= 0.6 is 11.6 Å². The van der Waals surface area contributed by atoms with Gasteiger partial charge in [0.05, 0.1) is 22.8 Å². The second kappa shape index (κ2) is 6.30. The van der Waals surface area contributed by atoms with Crippen molar-refractivity contribution in [2.24, 2.45) is 0 Å². The number of ether oxygens (including phenoxy) is 1. The van der Waals surface area contributed by atoms with E-state index in [-0.39, 0.29) is 11.6 Å². The molecule has 0 bridgehead atoms. The fraction of sp³-hybridized carbons (Fsp3) is 0.217. The third-order valence-electron chi connectivity index (χ3n) is 6.09. The van der Waals surface area contributed by atoms with Gasteiger partial charge in [-0.05, 0) is 29.7 Å². The fourth-order valence-electron chi connectivity index (χ4n) is 4.84. The molecule has 6 heteroatoms. The third-order valence-corrected chi connectivity index (χ3v) is 6.30. The van der Waals surface area contributed by atoms with Gasteiger partial charge in [-0.1, -0.05) is 54.1 Å². The van der Waals surface area contributed by atoms with E-state index in [0.717, 1.165) is 5.56 Å². The molecule has 3 unspecified atom stereocenters. The standard InChI is InChI=1S/C23H17ClN2O3/c24-17-10-19-21(26-13-17)22(28)20(27)11-18(15-4-2-1-3-5-15)23(22,29-19)16-8-6-14(12-25)7-9-16/h1-10,13,18,20,27-28H,11H2/t18-,20?,22?,23?/m0/s1. The second-order valence-electron chi connectivity index (χ2n) is 7.51. The molecule has 2 aliphatic rings. The Morgan fingerprint density at radius 2 is 1.86 bits per heavy atom. The van der Waals surface area contributed by atoms with Gasteiger partial charge in [-0.15, -0.1) is 0 Å². The van der Waals surface area contributed by atoms with Crippen LogP contribution in [0.5, 0.6) is 5.75 Å². The summed E-state index contributed by atoms with van der Waals surface area (Å²) in [5.41, 5.74) is -0.690. The Kier molecular flexibility index (Phi) is 3.94. The van der Waals surface area contributed by atoms with Crippen molar-refractivity contribution in [1.82, 2.24) is 4.98 Å². The topological polar surface area (TPSA) is 86.4 Å². The molecule has 144 valence electrons. The van der Waals surface area contributed by atoms with Crippen LogP contribution in [0, 0.1) is 11.3 Å². The van der Waals surface area contributed by atoms with Crippen molar-refractivity contribution in [3.8, 4) is 11.8 Å². The molecule has 0 saturated heterocycles. The fourth-order valence-corrected chi connectivity index (χ4v) is 4.99. The van der Waals surface area contributed by atoms with Crippen LogP contribution in [-0.2, 0) is 11.2 Å². The Labute approximate surface area is 172 Å². The molecule has 3 aromatic rings. The number of hydrogen-bond donors (Lipinski definition) is 2. The lowest BCUT2D eigenvalue weighted by Crippen LogP contribution is -2.52. The number of aliphatic hydroxyl groups excluding tert-OH is 1. The number of pyridine rings is 1. The molecule has 2 aromatic carbocycles. The van der Waals surface area contributed by atoms with Crippen LogP contribution in [0.25, 0.3) is 0 Å². The molecule has 1 fully saturated rings. The summed E-state index contributed by atoms with van der Waals surface area (Å²) in [4.78, 5) is 4.34. The summed E-state index contributed by atoms with van der Waals surface area (Å²) in [7, 11) is 0. The highest BCUT2D eigenvalue weighted by Gasteiger charge is 2.73. The molecule has 0 radical (unpaired) electrons. The van der Waals surface area contributed by atoms with E-state index < -0.39 is 17.3 Å². The predicted octanol–water partition coefficient (Wildman–Crippen LogP) is 3.63. The van der Waals surface area contributed by atoms with Crippen LogP contribution in [0.4, 0.5) is 0 Å². The number of nitriles is 1. The number of rotatable bonds is 2. The minimum Gasteiger partial charge on any atom is -0.476 e. The van der Waals surface area contributed by atoms with E-state index in [1.165, 1.54) is 6.20 Å². The molecule has 5 nitrogen and oxygen atoms in total. The van der Waals surface area contributed by atoms with Crippen molar-refractivity contribution in [2.75, 3.05) is 0 Å². The Balaban J connectivity index is 1.79. The lowest BCUT2D eigenvalue weighted by molar-refractivity contribution is -0.151. The van der Waals surface area contributed by atoms with Crippen molar-refractivity contribution in [1.29, 1.82) is 5.26 Å². The summed E-state index contributed by atoms with van der Waals surface area (Å²) in [6.07, 6.45) is 0.641. The molecule has 1 aliphatic heterocycles. The van der Waals surface area contributed by atoms with Crippen LogP contribution in [0.3, 0.4) is 0 Å². The average Bonchev–Trinajstić information content (AvgIpc) is 3.14. The van der Waals surface area contributed by atoms with Crippen molar-refractivity contribution >= 4 is 11.6 Å². The van der Waals surface area contributed by atoms with Crippen LogP contribution in [0.15, 0.2) is 66.9 Å². The minimum absolute atomic E-state index is 0.275. The average molecular weight is 405 g/mol. The molecule has 1 aliphatic carbocycles. The van der Waals surface area contributed by atoms with Gasteiger partial charge in [-0.3, -0.25) is 4.98 Å². The van der Waals surface area contributed by atoms with Crippen molar-refractivity contribution < 1.29 is 14.9 Å². The number of aromatic nitrogens is 1. The molecule has 0 amide bonds. The maximum Gasteiger partial charge on any atom is 0.180 e. The second-order valence-corrected chi connectivity index (χ2v) is 7.94. The van der Waals surface area contributed by atoms with Crippen molar-refractivity contribution in [3.05, 3.63) is 94.3 Å². The van der Waals surface area contributed by atoms with E-state index >= 15 is 0 Å². The van der Waals surface area contributed by atoms with E-state index in [0.29, 0.717) is 28.3 Å². The molecule has 4 atom stereocenters. The molecular formula is C23H17ClN2O3. The first-order valence-corrected chi connectivity index (χ1v) is 9.69. The Morgan fingerprint density at radius 3 is 2.55 bits per heavy atom. The number of aliphatic hydroxyl groups is 2. The highest BCUT2D eigenvalue weighted by molar-refractivity contribution is 6.30. The van der Waals surface area contributed by atoms with Gasteiger partial charge in [-0.25, -0.2) is 0 Å². The van der Waals surface area contributed by atoms with E-state index in [1.54, 1.807) is 30.3 Å². The van der Waals surface area contributed by atoms with Crippen molar-refractivity contribution in [2.45, 2.75) is 29.6 Å². The first-order chi connectivity index (χ1) is 14.0. The number of fused-ring (bicyclic) bond motifs is 3. The van der Waals surface area contributed by atoms with Gasteiger partial charge in [0, 0.05) is 18.2 Å². The van der Waals surface area contributed by atoms with E-state index in [1.807, 2.05) is 30.3 Å². The molecular weight excluding hydrogens is 388 g/mol. The van der Waals surface area contributed by atoms with E-state index in [2.05, 4.69) is 11.1 Å². The van der Waals surface area contributed by atoms with Crippen LogP contribution < -0.4 is 4.74 Å². The van der Waals surface area contributed by atoms with Gasteiger partial charge in [0.2, 0.25) is 0 Å². The maximum atomic E-state index is 12.0. The van der Waals surface area contributed by atoms with Gasteiger partial charge in [0.1, 0.15) is 11.4 Å². The maximum absolute atomic E-state index is 12.0. The molecule has 1 aromatic heterocycles. The smallest absolute Gasteiger partial charge is 0.180 e. The zero-order chi connectivity index (χ0) is 20.2. The lowest BCUT2D eigenvalue weighted by Gasteiger charge is -2.40. The van der Waals surface area contributed by atoms with Crippen LogP contribution in [-0.4, -0.2) is 21.3 Å². The van der Waals surface area contributed by atoms with Crippen LogP contribution in [0.1, 0.15) is 34.7 Å². The summed E-state index contributed by atoms with van der Waals surface area (Å²) in [5.74, 6) is 0.00801. The third kappa shape index (κ3) is 2.31. The largest absolute Gasteiger partial charge is 0.476 e. The molecule has 2 N–H and O–H groups in total. The molecule has 5 rings (SSSR count). The zero-order valence-corrected chi connectivity index (χ0v) is 16.0. The van der Waals surface area contributed by atoms with Gasteiger partial charge in [0.25, 0.3) is 0 Å². The Bertz CT molecular complexity index is 1130. The molecule has 0 spiro atoms. The number of benzene rings is 2. The summed E-state index contributed by atoms with van der Waals surface area (Å²) in [6.45, 7) is 0. The molecule has 1 saturated carbocycles. The predicted molar refractivity (Wildman–Crippen MR) is 106 cm³/mol. The summed E-state index contributed by atoms with van der Waals surface area (Å²) < 4.78 is 6.46. The molecule has 29 heavy (non-hydrogen) atoms. The SMILES string of the molecule is N#Cc1ccc(C23Oc4cc(Cl)cnc4C2(O)C(O)C[C@H]3c2ccccc2)cc1. The highest BCUT2D eigenvalue weighted by Crippen LogP contribution is 2.66. The monoisotopic (exact) mass is 404 g/mol. The zero-order valence-electron chi connectivity index (χ0n) is 15.3. The van der Waals surface area contributed by atoms with Gasteiger partial charge in [0.15, 0.2) is 11.2 Å². The van der Waals surface area contributed by atoms with Crippen LogP contribution in [0.2, 0.25) is 5.02 Å². The number of halogens is 1. The summed E-state index contributed by atoms with van der Waals surface area (Å²) >= 11 is 6.12. The number of hydrogen-bond acceptors (Lipinski definition) is 5. The van der Waals surface area contributed by atoms with Gasteiger partial charge in [-0.2, -0.15) is 5.26 Å². The first kappa shape index (κ1) is 18.1. The van der Waals surface area contributed by atoms with E-state index in [4.69, 9.17) is 16.3 Å².